The number of nitrogens with zero attached hydrogens (tertiary/aromatic N) is 1. The fraction of sp³-hybridized carbons (Fsp3) is 0.500. The van der Waals surface area contributed by atoms with Gasteiger partial charge in [0.25, 0.3) is 0 Å². The van der Waals surface area contributed by atoms with Crippen molar-refractivity contribution in [1.29, 1.82) is 0 Å². The van der Waals surface area contributed by atoms with E-state index in [4.69, 9.17) is 5.73 Å². The van der Waals surface area contributed by atoms with Crippen molar-refractivity contribution in [3.05, 3.63) is 17.9 Å². The van der Waals surface area contributed by atoms with Gasteiger partial charge in [0.2, 0.25) is 0 Å². The molecule has 0 radical (unpaired) electrons. The van der Waals surface area contributed by atoms with E-state index in [-0.39, 0.29) is 5.69 Å². The van der Waals surface area contributed by atoms with Crippen molar-refractivity contribution < 1.29 is 17.9 Å². The number of nitrogen functional groups attached to an aromatic ring is 1. The molecule has 0 atom stereocenters. The predicted molar refractivity (Wildman–Crippen MR) is 63.5 cm³/mol. The number of anilines is 2. The van der Waals surface area contributed by atoms with Crippen molar-refractivity contribution >= 4 is 11.4 Å². The average Bonchev–Trinajstić information content (AvgIpc) is 2.33. The van der Waals surface area contributed by atoms with Gasteiger partial charge in [-0.2, -0.15) is 8.78 Å². The minimum Gasteiger partial charge on any atom is -0.432 e. The van der Waals surface area contributed by atoms with Crippen LogP contribution < -0.4 is 15.4 Å². The maximum atomic E-state index is 13.4. The van der Waals surface area contributed by atoms with Gasteiger partial charge in [-0.25, -0.2) is 4.39 Å². The van der Waals surface area contributed by atoms with Gasteiger partial charge in [0.05, 0.1) is 11.4 Å². The molecule has 1 aliphatic rings. The van der Waals surface area contributed by atoms with Crippen LogP contribution in [0.4, 0.5) is 24.5 Å². The van der Waals surface area contributed by atoms with Gasteiger partial charge >= 0.3 is 6.61 Å². The molecule has 1 saturated heterocycles. The number of alkyl halides is 2. The number of nitrogens with two attached hydrogens (primary N) is 1. The van der Waals surface area contributed by atoms with Crippen molar-refractivity contribution in [2.75, 3.05) is 23.7 Å². The molecule has 18 heavy (non-hydrogen) atoms. The Balaban J connectivity index is 2.28. The molecule has 1 fully saturated rings. The molecule has 0 bridgehead atoms. The highest BCUT2D eigenvalue weighted by Crippen LogP contribution is 2.33. The van der Waals surface area contributed by atoms with Gasteiger partial charge in [0.15, 0.2) is 11.6 Å². The first-order valence-corrected chi connectivity index (χ1v) is 5.86. The molecular weight excluding hydrogens is 245 g/mol. The molecular formula is C12H15F3N2O. The third-order valence-electron chi connectivity index (χ3n) is 2.99. The van der Waals surface area contributed by atoms with Crippen LogP contribution in [0.15, 0.2) is 12.1 Å². The maximum absolute atomic E-state index is 13.4. The summed E-state index contributed by atoms with van der Waals surface area (Å²) in [6, 6.07) is 2.28. The zero-order chi connectivity index (χ0) is 13.1. The van der Waals surface area contributed by atoms with E-state index in [0.717, 1.165) is 38.4 Å². The van der Waals surface area contributed by atoms with Crippen LogP contribution in [-0.4, -0.2) is 19.7 Å². The second-order valence-electron chi connectivity index (χ2n) is 4.27. The number of benzene rings is 1. The van der Waals surface area contributed by atoms with Crippen LogP contribution in [0, 0.1) is 5.82 Å². The van der Waals surface area contributed by atoms with Crippen molar-refractivity contribution in [3.8, 4) is 5.75 Å². The third-order valence-corrected chi connectivity index (χ3v) is 2.99. The standard InChI is InChI=1S/C12H15F3N2O/c13-8-6-9(16)10(7-11(8)18-12(14)15)17-4-2-1-3-5-17/h6-7,12H,1-5,16H2. The summed E-state index contributed by atoms with van der Waals surface area (Å²) in [5.74, 6) is -1.33. The van der Waals surface area contributed by atoms with Crippen LogP contribution in [0.2, 0.25) is 0 Å². The fourth-order valence-electron chi connectivity index (χ4n) is 2.15. The fourth-order valence-corrected chi connectivity index (χ4v) is 2.15. The smallest absolute Gasteiger partial charge is 0.387 e. The molecule has 1 heterocycles. The molecule has 100 valence electrons. The number of rotatable bonds is 3. The number of hydrogen-bond donors (Lipinski definition) is 1. The van der Waals surface area contributed by atoms with Crippen molar-refractivity contribution in [1.82, 2.24) is 0 Å². The van der Waals surface area contributed by atoms with E-state index in [1.807, 2.05) is 4.90 Å². The lowest BCUT2D eigenvalue weighted by atomic mass is 10.1. The van der Waals surface area contributed by atoms with Gasteiger partial charge in [-0.15, -0.1) is 0 Å². The zero-order valence-corrected chi connectivity index (χ0v) is 9.83. The highest BCUT2D eigenvalue weighted by atomic mass is 19.3. The van der Waals surface area contributed by atoms with Gasteiger partial charge in [0, 0.05) is 25.2 Å². The van der Waals surface area contributed by atoms with Crippen LogP contribution in [0.3, 0.4) is 0 Å². The average molecular weight is 260 g/mol. The summed E-state index contributed by atoms with van der Waals surface area (Å²) in [5.41, 5.74) is 6.54. The molecule has 0 saturated carbocycles. The number of ether oxygens (including phenoxy) is 1. The normalized spacial score (nSPS) is 16.1. The second-order valence-corrected chi connectivity index (χ2v) is 4.27. The topological polar surface area (TPSA) is 38.5 Å². The molecule has 1 aromatic rings. The van der Waals surface area contributed by atoms with E-state index < -0.39 is 18.2 Å². The molecule has 2 N–H and O–H groups in total. The van der Waals surface area contributed by atoms with Gasteiger partial charge in [0.1, 0.15) is 0 Å². The van der Waals surface area contributed by atoms with E-state index in [1.165, 1.54) is 6.07 Å². The monoisotopic (exact) mass is 260 g/mol. The molecule has 0 amide bonds. The Morgan fingerprint density at radius 2 is 1.83 bits per heavy atom. The Bertz CT molecular complexity index is 420. The molecule has 0 aliphatic carbocycles. The lowest BCUT2D eigenvalue weighted by Crippen LogP contribution is -2.30. The van der Waals surface area contributed by atoms with Crippen LogP contribution in [0.25, 0.3) is 0 Å². The van der Waals surface area contributed by atoms with Gasteiger partial charge < -0.3 is 15.4 Å². The molecule has 3 nitrogen and oxygen atoms in total. The van der Waals surface area contributed by atoms with Gasteiger partial charge in [-0.1, -0.05) is 0 Å². The summed E-state index contributed by atoms with van der Waals surface area (Å²) in [6.07, 6.45) is 3.17. The Labute approximate surface area is 103 Å². The largest absolute Gasteiger partial charge is 0.432 e. The maximum Gasteiger partial charge on any atom is 0.387 e. The van der Waals surface area contributed by atoms with Crippen LogP contribution in [0.5, 0.6) is 5.75 Å². The van der Waals surface area contributed by atoms with E-state index in [0.29, 0.717) is 5.69 Å². The quantitative estimate of drug-likeness (QED) is 0.849. The van der Waals surface area contributed by atoms with E-state index in [9.17, 15) is 13.2 Å². The lowest BCUT2D eigenvalue weighted by Gasteiger charge is -2.30. The second kappa shape index (κ2) is 5.37. The van der Waals surface area contributed by atoms with E-state index >= 15 is 0 Å². The Morgan fingerprint density at radius 3 is 2.44 bits per heavy atom. The summed E-state index contributed by atoms with van der Waals surface area (Å²) < 4.78 is 41.8. The predicted octanol–water partition coefficient (Wildman–Crippen LogP) is 3.00. The minimum absolute atomic E-state index is 0.246. The highest BCUT2D eigenvalue weighted by Gasteiger charge is 2.18. The first kappa shape index (κ1) is 12.9. The van der Waals surface area contributed by atoms with Crippen LogP contribution in [-0.2, 0) is 0 Å². The molecule has 2 rings (SSSR count). The summed E-state index contributed by atoms with van der Waals surface area (Å²) in [6.45, 7) is -1.45. The Morgan fingerprint density at radius 1 is 1.17 bits per heavy atom. The summed E-state index contributed by atoms with van der Waals surface area (Å²) in [7, 11) is 0. The van der Waals surface area contributed by atoms with E-state index in [1.54, 1.807) is 0 Å². The van der Waals surface area contributed by atoms with Crippen molar-refractivity contribution in [3.63, 3.8) is 0 Å². The highest BCUT2D eigenvalue weighted by molar-refractivity contribution is 5.70. The number of hydrogen-bond acceptors (Lipinski definition) is 3. The van der Waals surface area contributed by atoms with Crippen LogP contribution in [0.1, 0.15) is 19.3 Å². The minimum atomic E-state index is -3.04. The first-order chi connectivity index (χ1) is 8.58. The summed E-state index contributed by atoms with van der Waals surface area (Å²) in [4.78, 5) is 1.97. The van der Waals surface area contributed by atoms with Gasteiger partial charge in [-0.3, -0.25) is 0 Å². The Kier molecular flexibility index (Phi) is 3.84. The number of halogens is 3. The molecule has 0 unspecified atom stereocenters. The van der Waals surface area contributed by atoms with Crippen molar-refractivity contribution in [2.45, 2.75) is 25.9 Å². The van der Waals surface area contributed by atoms with Crippen LogP contribution >= 0.6 is 0 Å². The number of piperidine rings is 1. The molecule has 0 aromatic heterocycles. The zero-order valence-electron chi connectivity index (χ0n) is 9.83. The molecule has 0 spiro atoms. The third kappa shape index (κ3) is 2.80. The summed E-state index contributed by atoms with van der Waals surface area (Å²) in [5, 5.41) is 0. The molecule has 1 aromatic carbocycles. The first-order valence-electron chi connectivity index (χ1n) is 5.86. The lowest BCUT2D eigenvalue weighted by molar-refractivity contribution is -0.0521. The van der Waals surface area contributed by atoms with Crippen molar-refractivity contribution in [2.24, 2.45) is 0 Å². The molecule has 1 aliphatic heterocycles. The SMILES string of the molecule is Nc1cc(F)c(OC(F)F)cc1N1CCCCC1. The summed E-state index contributed by atoms with van der Waals surface area (Å²) >= 11 is 0. The Hall–Kier alpha value is -1.59. The molecule has 6 heteroatoms. The van der Waals surface area contributed by atoms with E-state index in [2.05, 4.69) is 4.74 Å². The van der Waals surface area contributed by atoms with Gasteiger partial charge in [-0.05, 0) is 19.3 Å².